The van der Waals surface area contributed by atoms with E-state index in [1.165, 1.54) is 29.5 Å². The minimum Gasteiger partial charge on any atom is -0.387 e. The van der Waals surface area contributed by atoms with Crippen LogP contribution in [0.15, 0.2) is 48.5 Å². The smallest absolute Gasteiger partial charge is 0.0951 e. The van der Waals surface area contributed by atoms with Gasteiger partial charge in [-0.1, -0.05) is 48.5 Å². The highest BCUT2D eigenvalue weighted by atomic mass is 16.3. The van der Waals surface area contributed by atoms with Gasteiger partial charge in [-0.25, -0.2) is 0 Å². The molecule has 2 aromatic rings. The summed E-state index contributed by atoms with van der Waals surface area (Å²) in [6.07, 6.45) is 3.12. The number of aliphatic hydroxyl groups excluding tert-OH is 1. The molecule has 0 amide bonds. The molecule has 2 bridgehead atoms. The SMILES string of the molecule is OC1c2ccccc2CC1N1C2CCC1c1ccccc12. The summed E-state index contributed by atoms with van der Waals surface area (Å²) in [6, 6.07) is 18.5. The molecule has 1 aliphatic carbocycles. The van der Waals surface area contributed by atoms with Crippen LogP contribution in [0.25, 0.3) is 0 Å². The van der Waals surface area contributed by atoms with Crippen LogP contribution in [-0.4, -0.2) is 16.0 Å². The summed E-state index contributed by atoms with van der Waals surface area (Å²) in [5.74, 6) is 0. The zero-order valence-electron chi connectivity index (χ0n) is 11.9. The minimum atomic E-state index is -0.335. The Morgan fingerprint density at radius 2 is 1.38 bits per heavy atom. The van der Waals surface area contributed by atoms with Crippen molar-refractivity contribution in [1.82, 2.24) is 4.90 Å². The number of aliphatic hydroxyl groups is 1. The molecule has 2 aliphatic heterocycles. The average molecular weight is 277 g/mol. The zero-order valence-corrected chi connectivity index (χ0v) is 11.9. The van der Waals surface area contributed by atoms with Crippen LogP contribution in [-0.2, 0) is 6.42 Å². The van der Waals surface area contributed by atoms with Gasteiger partial charge in [0.2, 0.25) is 0 Å². The molecule has 1 fully saturated rings. The van der Waals surface area contributed by atoms with Gasteiger partial charge in [0, 0.05) is 18.1 Å². The highest BCUT2D eigenvalue weighted by molar-refractivity contribution is 5.43. The molecule has 2 nitrogen and oxygen atoms in total. The molecule has 1 saturated heterocycles. The molecule has 2 heteroatoms. The van der Waals surface area contributed by atoms with Crippen LogP contribution in [0.5, 0.6) is 0 Å². The first-order valence-electron chi connectivity index (χ1n) is 7.97. The standard InChI is InChI=1S/C19H19NO/c21-19-13-6-2-1-5-12(13)11-18(19)20-16-9-10-17(20)15-8-4-3-7-14(15)16/h1-8,16-19,21H,9-11H2. The summed E-state index contributed by atoms with van der Waals surface area (Å²) in [5, 5.41) is 10.8. The van der Waals surface area contributed by atoms with E-state index in [1.54, 1.807) is 0 Å². The molecule has 2 heterocycles. The number of rotatable bonds is 1. The first kappa shape index (κ1) is 12.0. The lowest BCUT2D eigenvalue weighted by molar-refractivity contribution is 0.0388. The molecule has 2 aromatic carbocycles. The van der Waals surface area contributed by atoms with Gasteiger partial charge in [-0.05, 0) is 41.5 Å². The summed E-state index contributed by atoms with van der Waals surface area (Å²) in [5.41, 5.74) is 5.46. The fourth-order valence-electron chi connectivity index (χ4n) is 4.86. The highest BCUT2D eigenvalue weighted by Crippen LogP contribution is 2.56. The van der Waals surface area contributed by atoms with Crippen molar-refractivity contribution in [3.8, 4) is 0 Å². The van der Waals surface area contributed by atoms with E-state index in [1.807, 2.05) is 6.07 Å². The number of hydrogen-bond donors (Lipinski definition) is 1. The monoisotopic (exact) mass is 277 g/mol. The molecule has 0 aromatic heterocycles. The van der Waals surface area contributed by atoms with E-state index in [0.29, 0.717) is 12.1 Å². The van der Waals surface area contributed by atoms with Crippen molar-refractivity contribution in [1.29, 1.82) is 0 Å². The van der Waals surface area contributed by atoms with Crippen LogP contribution in [0, 0.1) is 0 Å². The molecule has 21 heavy (non-hydrogen) atoms. The maximum absolute atomic E-state index is 10.8. The Bertz CT molecular complexity index is 679. The van der Waals surface area contributed by atoms with E-state index in [4.69, 9.17) is 0 Å². The Morgan fingerprint density at radius 1 is 0.810 bits per heavy atom. The molecule has 0 spiro atoms. The average Bonchev–Trinajstić information content (AvgIpc) is 3.18. The third-order valence-corrected chi connectivity index (χ3v) is 5.70. The van der Waals surface area contributed by atoms with Gasteiger partial charge in [0.05, 0.1) is 6.10 Å². The Kier molecular flexibility index (Phi) is 2.38. The molecule has 4 unspecified atom stereocenters. The third kappa shape index (κ3) is 1.49. The number of fused-ring (bicyclic) bond motifs is 6. The van der Waals surface area contributed by atoms with Gasteiger partial charge in [-0.2, -0.15) is 0 Å². The lowest BCUT2D eigenvalue weighted by atomic mass is 9.92. The van der Waals surface area contributed by atoms with Crippen molar-refractivity contribution in [3.05, 3.63) is 70.8 Å². The molecule has 0 radical (unpaired) electrons. The Labute approximate surface area is 125 Å². The van der Waals surface area contributed by atoms with Crippen molar-refractivity contribution < 1.29 is 5.11 Å². The van der Waals surface area contributed by atoms with Crippen LogP contribution in [0.3, 0.4) is 0 Å². The second kappa shape index (κ2) is 4.19. The van der Waals surface area contributed by atoms with Crippen molar-refractivity contribution in [2.75, 3.05) is 0 Å². The molecule has 106 valence electrons. The molecule has 5 rings (SSSR count). The summed E-state index contributed by atoms with van der Waals surface area (Å²) >= 11 is 0. The van der Waals surface area contributed by atoms with Crippen molar-refractivity contribution >= 4 is 0 Å². The number of hydrogen-bond acceptors (Lipinski definition) is 2. The quantitative estimate of drug-likeness (QED) is 0.862. The Balaban J connectivity index is 1.55. The van der Waals surface area contributed by atoms with E-state index in [2.05, 4.69) is 47.4 Å². The van der Waals surface area contributed by atoms with Crippen LogP contribution in [0.1, 0.15) is 53.3 Å². The first-order chi connectivity index (χ1) is 10.3. The topological polar surface area (TPSA) is 23.5 Å². The van der Waals surface area contributed by atoms with Gasteiger partial charge in [-0.15, -0.1) is 0 Å². The van der Waals surface area contributed by atoms with Crippen molar-refractivity contribution in [2.45, 2.75) is 43.5 Å². The Hall–Kier alpha value is -1.64. The van der Waals surface area contributed by atoms with Crippen LogP contribution < -0.4 is 0 Å². The van der Waals surface area contributed by atoms with Gasteiger partial charge >= 0.3 is 0 Å². The maximum Gasteiger partial charge on any atom is 0.0951 e. The predicted molar refractivity (Wildman–Crippen MR) is 81.9 cm³/mol. The van der Waals surface area contributed by atoms with E-state index in [0.717, 1.165) is 12.0 Å². The van der Waals surface area contributed by atoms with E-state index in [-0.39, 0.29) is 12.1 Å². The Morgan fingerprint density at radius 3 is 2.00 bits per heavy atom. The maximum atomic E-state index is 10.8. The van der Waals surface area contributed by atoms with Crippen LogP contribution >= 0.6 is 0 Å². The molecule has 0 saturated carbocycles. The lowest BCUT2D eigenvalue weighted by Gasteiger charge is -2.31. The molecular weight excluding hydrogens is 258 g/mol. The lowest BCUT2D eigenvalue weighted by Crippen LogP contribution is -2.36. The normalized spacial score (nSPS) is 33.2. The fourth-order valence-corrected chi connectivity index (χ4v) is 4.86. The van der Waals surface area contributed by atoms with Crippen molar-refractivity contribution in [2.24, 2.45) is 0 Å². The van der Waals surface area contributed by atoms with Gasteiger partial charge in [0.15, 0.2) is 0 Å². The zero-order chi connectivity index (χ0) is 14.0. The van der Waals surface area contributed by atoms with Crippen molar-refractivity contribution in [3.63, 3.8) is 0 Å². The third-order valence-electron chi connectivity index (χ3n) is 5.70. The van der Waals surface area contributed by atoms with Gasteiger partial charge < -0.3 is 5.11 Å². The molecule has 1 N–H and O–H groups in total. The molecule has 3 aliphatic rings. The molecule has 4 atom stereocenters. The first-order valence-corrected chi connectivity index (χ1v) is 7.97. The largest absolute Gasteiger partial charge is 0.387 e. The summed E-state index contributed by atoms with van der Waals surface area (Å²) < 4.78 is 0. The minimum absolute atomic E-state index is 0.243. The predicted octanol–water partition coefficient (Wildman–Crippen LogP) is 3.54. The number of nitrogens with zero attached hydrogens (tertiary/aromatic N) is 1. The number of benzene rings is 2. The van der Waals surface area contributed by atoms with Crippen LogP contribution in [0.2, 0.25) is 0 Å². The summed E-state index contributed by atoms with van der Waals surface area (Å²) in [4.78, 5) is 2.61. The van der Waals surface area contributed by atoms with Gasteiger partial charge in [0.25, 0.3) is 0 Å². The highest BCUT2D eigenvalue weighted by Gasteiger charge is 2.50. The van der Waals surface area contributed by atoms with E-state index in [9.17, 15) is 5.11 Å². The fraction of sp³-hybridized carbons (Fsp3) is 0.368. The van der Waals surface area contributed by atoms with E-state index >= 15 is 0 Å². The molecular formula is C19H19NO. The summed E-state index contributed by atoms with van der Waals surface area (Å²) in [7, 11) is 0. The van der Waals surface area contributed by atoms with Gasteiger partial charge in [0.1, 0.15) is 0 Å². The van der Waals surface area contributed by atoms with E-state index < -0.39 is 0 Å². The van der Waals surface area contributed by atoms with Gasteiger partial charge in [-0.3, -0.25) is 4.90 Å². The van der Waals surface area contributed by atoms with Crippen LogP contribution in [0.4, 0.5) is 0 Å². The second-order valence-corrected chi connectivity index (χ2v) is 6.60. The second-order valence-electron chi connectivity index (χ2n) is 6.60. The summed E-state index contributed by atoms with van der Waals surface area (Å²) in [6.45, 7) is 0.